The summed E-state index contributed by atoms with van der Waals surface area (Å²) in [6.45, 7) is 0.670. The number of aromatic amines is 1. The number of carbonyl (C=O) groups excluding carboxylic acids is 1. The Morgan fingerprint density at radius 2 is 2.00 bits per heavy atom. The van der Waals surface area contributed by atoms with E-state index >= 15 is 0 Å². The number of rotatable bonds is 5. The van der Waals surface area contributed by atoms with Gasteiger partial charge in [0.15, 0.2) is 0 Å². The van der Waals surface area contributed by atoms with Crippen molar-refractivity contribution in [3.63, 3.8) is 0 Å². The second kappa shape index (κ2) is 5.52. The second-order valence-electron chi connectivity index (χ2n) is 7.05. The summed E-state index contributed by atoms with van der Waals surface area (Å²) in [6, 6.07) is 10.4. The topological polar surface area (TPSA) is 57.8 Å². The average Bonchev–Trinajstić information content (AvgIpc) is 2.93. The van der Waals surface area contributed by atoms with Crippen LogP contribution in [0.4, 0.5) is 0 Å². The summed E-state index contributed by atoms with van der Waals surface area (Å²) in [4.78, 5) is 13.1. The lowest BCUT2D eigenvalue weighted by Crippen LogP contribution is -2.39. The van der Waals surface area contributed by atoms with Gasteiger partial charge in [0.25, 0.3) is 0 Å². The van der Waals surface area contributed by atoms with Crippen molar-refractivity contribution in [3.05, 3.63) is 53.9 Å². The molecule has 1 spiro atoms. The second-order valence-corrected chi connectivity index (χ2v) is 7.05. The van der Waals surface area contributed by atoms with Gasteiger partial charge in [0.05, 0.1) is 11.6 Å². The van der Waals surface area contributed by atoms with Crippen molar-refractivity contribution >= 4 is 5.91 Å². The van der Waals surface area contributed by atoms with Crippen LogP contribution in [0.2, 0.25) is 0 Å². The standard InChI is InChI=1S/C19H23N3O/c23-17(20-11-8-15-12-21-22-13-15)19(16-6-2-1-3-7-16)14-18(19)9-4-5-10-18/h1-3,6-7,12-13H,4-5,8-11,14H2,(H,20,23)(H,21,22)/t19-/m1/s1. The Bertz CT molecular complexity index is 674. The van der Waals surface area contributed by atoms with Crippen LogP contribution < -0.4 is 5.32 Å². The third-order valence-electron chi connectivity index (χ3n) is 5.85. The maximum absolute atomic E-state index is 13.1. The molecule has 2 N–H and O–H groups in total. The molecule has 0 bridgehead atoms. The normalized spacial score (nSPS) is 24.7. The van der Waals surface area contributed by atoms with E-state index in [4.69, 9.17) is 0 Å². The van der Waals surface area contributed by atoms with Gasteiger partial charge in [-0.25, -0.2) is 0 Å². The van der Waals surface area contributed by atoms with Gasteiger partial charge in [-0.3, -0.25) is 9.89 Å². The van der Waals surface area contributed by atoms with E-state index in [9.17, 15) is 4.79 Å². The van der Waals surface area contributed by atoms with Gasteiger partial charge in [0, 0.05) is 12.7 Å². The fourth-order valence-corrected chi connectivity index (χ4v) is 4.59. The summed E-state index contributed by atoms with van der Waals surface area (Å²) in [5.74, 6) is 0.217. The van der Waals surface area contributed by atoms with E-state index < -0.39 is 0 Å². The number of benzene rings is 1. The molecule has 1 heterocycles. The molecular weight excluding hydrogens is 286 g/mol. The first kappa shape index (κ1) is 14.5. The Balaban J connectivity index is 1.51. The van der Waals surface area contributed by atoms with E-state index in [-0.39, 0.29) is 16.7 Å². The number of hydrogen-bond acceptors (Lipinski definition) is 2. The number of nitrogens with zero attached hydrogens (tertiary/aromatic N) is 1. The fourth-order valence-electron chi connectivity index (χ4n) is 4.59. The number of nitrogens with one attached hydrogen (secondary N) is 2. The SMILES string of the molecule is O=C(NCCc1cn[nH]c1)[C@]1(c2ccccc2)CC12CCCC2. The Hall–Kier alpha value is -2.10. The predicted molar refractivity (Wildman–Crippen MR) is 88.9 cm³/mol. The zero-order chi connectivity index (χ0) is 15.8. The van der Waals surface area contributed by atoms with Crippen molar-refractivity contribution in [3.8, 4) is 0 Å². The lowest BCUT2D eigenvalue weighted by Gasteiger charge is -2.22. The largest absolute Gasteiger partial charge is 0.355 e. The number of carbonyl (C=O) groups is 1. The molecule has 4 nitrogen and oxygen atoms in total. The molecule has 4 heteroatoms. The van der Waals surface area contributed by atoms with Crippen molar-refractivity contribution < 1.29 is 4.79 Å². The maximum atomic E-state index is 13.1. The molecule has 1 atom stereocenters. The highest BCUT2D eigenvalue weighted by atomic mass is 16.2. The fraction of sp³-hybridized carbons (Fsp3) is 0.474. The van der Waals surface area contributed by atoms with Crippen LogP contribution in [-0.4, -0.2) is 22.6 Å². The van der Waals surface area contributed by atoms with E-state index in [1.807, 2.05) is 18.5 Å². The minimum atomic E-state index is -0.291. The molecule has 2 aliphatic carbocycles. The highest BCUT2D eigenvalue weighted by molar-refractivity contribution is 5.93. The summed E-state index contributed by atoms with van der Waals surface area (Å²) in [7, 11) is 0. The van der Waals surface area contributed by atoms with Crippen LogP contribution >= 0.6 is 0 Å². The molecule has 0 unspecified atom stereocenters. The van der Waals surface area contributed by atoms with Gasteiger partial charge in [-0.15, -0.1) is 0 Å². The molecule has 23 heavy (non-hydrogen) atoms. The van der Waals surface area contributed by atoms with Gasteiger partial charge in [-0.05, 0) is 42.2 Å². The minimum absolute atomic E-state index is 0.216. The third kappa shape index (κ3) is 2.28. The van der Waals surface area contributed by atoms with Gasteiger partial charge in [0.1, 0.15) is 0 Å². The van der Waals surface area contributed by atoms with E-state index in [0.717, 1.165) is 18.4 Å². The number of amides is 1. The minimum Gasteiger partial charge on any atom is -0.355 e. The Morgan fingerprint density at radius 1 is 1.22 bits per heavy atom. The zero-order valence-corrected chi connectivity index (χ0v) is 13.3. The molecule has 0 radical (unpaired) electrons. The zero-order valence-electron chi connectivity index (χ0n) is 13.3. The molecule has 2 aromatic rings. The molecule has 0 saturated heterocycles. The van der Waals surface area contributed by atoms with E-state index in [1.54, 1.807) is 0 Å². The third-order valence-corrected chi connectivity index (χ3v) is 5.85. The van der Waals surface area contributed by atoms with Crippen LogP contribution in [0.3, 0.4) is 0 Å². The van der Waals surface area contributed by atoms with Crippen LogP contribution in [0.1, 0.15) is 43.2 Å². The molecule has 120 valence electrons. The predicted octanol–water partition coefficient (Wildman–Crippen LogP) is 2.97. The van der Waals surface area contributed by atoms with E-state index in [1.165, 1.54) is 31.2 Å². The average molecular weight is 309 g/mol. The van der Waals surface area contributed by atoms with Crippen LogP contribution in [0.15, 0.2) is 42.7 Å². The van der Waals surface area contributed by atoms with Crippen molar-refractivity contribution in [2.75, 3.05) is 6.54 Å². The number of hydrogen-bond donors (Lipinski definition) is 2. The highest BCUT2D eigenvalue weighted by Gasteiger charge is 2.72. The summed E-state index contributed by atoms with van der Waals surface area (Å²) in [5, 5.41) is 9.95. The van der Waals surface area contributed by atoms with Crippen LogP contribution in [0.25, 0.3) is 0 Å². The molecular formula is C19H23N3O. The molecule has 2 fully saturated rings. The monoisotopic (exact) mass is 309 g/mol. The first-order valence-corrected chi connectivity index (χ1v) is 8.58. The van der Waals surface area contributed by atoms with E-state index in [0.29, 0.717) is 6.54 Å². The van der Waals surface area contributed by atoms with Gasteiger partial charge < -0.3 is 5.32 Å². The van der Waals surface area contributed by atoms with Crippen molar-refractivity contribution in [2.45, 2.75) is 43.9 Å². The molecule has 4 rings (SSSR count). The summed E-state index contributed by atoms with van der Waals surface area (Å²) in [5.41, 5.74) is 2.25. The smallest absolute Gasteiger partial charge is 0.231 e. The van der Waals surface area contributed by atoms with Gasteiger partial charge in [-0.1, -0.05) is 43.2 Å². The molecule has 0 aliphatic heterocycles. The lowest BCUT2D eigenvalue weighted by molar-refractivity contribution is -0.124. The van der Waals surface area contributed by atoms with E-state index in [2.05, 4.69) is 39.8 Å². The van der Waals surface area contributed by atoms with Crippen LogP contribution in [0, 0.1) is 5.41 Å². The Morgan fingerprint density at radius 3 is 2.70 bits per heavy atom. The summed E-state index contributed by atoms with van der Waals surface area (Å²) >= 11 is 0. The first-order chi connectivity index (χ1) is 11.3. The van der Waals surface area contributed by atoms with Gasteiger partial charge >= 0.3 is 0 Å². The molecule has 2 saturated carbocycles. The highest BCUT2D eigenvalue weighted by Crippen LogP contribution is 2.72. The van der Waals surface area contributed by atoms with Crippen molar-refractivity contribution in [1.29, 1.82) is 0 Å². The lowest BCUT2D eigenvalue weighted by atomic mass is 9.84. The van der Waals surface area contributed by atoms with Crippen LogP contribution in [-0.2, 0) is 16.6 Å². The van der Waals surface area contributed by atoms with Crippen molar-refractivity contribution in [1.82, 2.24) is 15.5 Å². The number of H-pyrrole nitrogens is 1. The van der Waals surface area contributed by atoms with Crippen molar-refractivity contribution in [2.24, 2.45) is 5.41 Å². The summed E-state index contributed by atoms with van der Waals surface area (Å²) < 4.78 is 0. The van der Waals surface area contributed by atoms with Gasteiger partial charge in [0.2, 0.25) is 5.91 Å². The molecule has 2 aliphatic rings. The molecule has 1 aromatic carbocycles. The maximum Gasteiger partial charge on any atom is 0.231 e. The Kier molecular flexibility index (Phi) is 3.47. The quantitative estimate of drug-likeness (QED) is 0.892. The molecule has 1 aromatic heterocycles. The Labute approximate surface area is 136 Å². The number of aromatic nitrogens is 2. The first-order valence-electron chi connectivity index (χ1n) is 8.58. The van der Waals surface area contributed by atoms with Crippen LogP contribution in [0.5, 0.6) is 0 Å². The molecule has 1 amide bonds. The van der Waals surface area contributed by atoms with Gasteiger partial charge in [-0.2, -0.15) is 5.10 Å². The summed E-state index contributed by atoms with van der Waals surface area (Å²) in [6.07, 6.45) is 10.4.